The van der Waals surface area contributed by atoms with Crippen molar-refractivity contribution in [3.05, 3.63) is 12.2 Å². The molecule has 0 aromatic carbocycles. The number of aromatic nitrogens is 3. The number of hydrogen-bond acceptors (Lipinski definition) is 5. The predicted octanol–water partition coefficient (Wildman–Crippen LogP) is 0.276. The minimum absolute atomic E-state index is 0.190. The molecule has 7 nitrogen and oxygen atoms in total. The summed E-state index contributed by atoms with van der Waals surface area (Å²) in [5.74, 6) is 1.27. The molecule has 2 aliphatic heterocycles. The van der Waals surface area contributed by atoms with Crippen molar-refractivity contribution < 1.29 is 9.53 Å². The second-order valence-electron chi connectivity index (χ2n) is 6.49. The van der Waals surface area contributed by atoms with Crippen molar-refractivity contribution in [3.8, 4) is 0 Å². The fourth-order valence-corrected chi connectivity index (χ4v) is 3.69. The summed E-state index contributed by atoms with van der Waals surface area (Å²) in [6.07, 6.45) is 4.77. The van der Waals surface area contributed by atoms with Gasteiger partial charge in [-0.25, -0.2) is 0 Å². The third-order valence-corrected chi connectivity index (χ3v) is 4.99. The number of nitrogens with zero attached hydrogens (tertiary/aromatic N) is 5. The van der Waals surface area contributed by atoms with Gasteiger partial charge in [0.15, 0.2) is 0 Å². The quantitative estimate of drug-likeness (QED) is 0.782. The molecular formula is C15H25N5O2. The van der Waals surface area contributed by atoms with E-state index in [0.29, 0.717) is 19.1 Å². The average Bonchev–Trinajstić information content (AvgIpc) is 3.10. The Kier molecular flexibility index (Phi) is 4.44. The Morgan fingerprint density at radius 2 is 2.23 bits per heavy atom. The zero-order chi connectivity index (χ0) is 15.6. The van der Waals surface area contributed by atoms with Crippen LogP contribution in [0.1, 0.15) is 25.1 Å². The van der Waals surface area contributed by atoms with Crippen LogP contribution in [0.15, 0.2) is 6.33 Å². The van der Waals surface area contributed by atoms with Gasteiger partial charge in [-0.2, -0.15) is 0 Å². The van der Waals surface area contributed by atoms with Crippen molar-refractivity contribution in [3.63, 3.8) is 0 Å². The van der Waals surface area contributed by atoms with E-state index in [2.05, 4.69) is 15.1 Å². The van der Waals surface area contributed by atoms with Gasteiger partial charge in [-0.3, -0.25) is 9.69 Å². The van der Waals surface area contributed by atoms with Gasteiger partial charge in [0.25, 0.3) is 0 Å². The molecule has 1 spiro atoms. The number of likely N-dealkylation sites (tertiary alicyclic amines) is 2. The first-order valence-electron chi connectivity index (χ1n) is 7.98. The van der Waals surface area contributed by atoms with E-state index in [1.165, 1.54) is 0 Å². The first-order chi connectivity index (χ1) is 10.6. The van der Waals surface area contributed by atoms with Gasteiger partial charge in [-0.05, 0) is 25.8 Å². The molecule has 1 aromatic heterocycles. The molecule has 0 N–H and O–H groups in total. The molecule has 0 radical (unpaired) electrons. The Labute approximate surface area is 131 Å². The minimum Gasteiger partial charge on any atom is -0.383 e. The van der Waals surface area contributed by atoms with Crippen molar-refractivity contribution in [2.75, 3.05) is 39.9 Å². The number of amides is 1. The summed E-state index contributed by atoms with van der Waals surface area (Å²) in [5.41, 5.74) is -0.190. The molecule has 2 fully saturated rings. The van der Waals surface area contributed by atoms with Crippen molar-refractivity contribution >= 4 is 5.91 Å². The van der Waals surface area contributed by atoms with Crippen LogP contribution < -0.4 is 0 Å². The number of methoxy groups -OCH3 is 1. The van der Waals surface area contributed by atoms with Crippen LogP contribution in [-0.2, 0) is 23.1 Å². The van der Waals surface area contributed by atoms with Crippen LogP contribution >= 0.6 is 0 Å². The van der Waals surface area contributed by atoms with Crippen molar-refractivity contribution in [1.29, 1.82) is 0 Å². The van der Waals surface area contributed by atoms with E-state index >= 15 is 0 Å². The monoisotopic (exact) mass is 307 g/mol. The molecule has 1 atom stereocenters. The molecule has 1 amide bonds. The average molecular weight is 307 g/mol. The van der Waals surface area contributed by atoms with Crippen molar-refractivity contribution in [2.24, 2.45) is 12.5 Å². The fourth-order valence-electron chi connectivity index (χ4n) is 3.69. The number of aryl methyl sites for hydroxylation is 1. The molecule has 1 aromatic rings. The lowest BCUT2D eigenvalue weighted by molar-refractivity contribution is -0.146. The summed E-state index contributed by atoms with van der Waals surface area (Å²) >= 11 is 0. The number of carbonyl (C=O) groups is 1. The molecule has 0 saturated carbocycles. The zero-order valence-electron chi connectivity index (χ0n) is 13.5. The van der Waals surface area contributed by atoms with E-state index in [4.69, 9.17) is 4.74 Å². The molecule has 2 saturated heterocycles. The van der Waals surface area contributed by atoms with E-state index in [9.17, 15) is 4.79 Å². The molecule has 122 valence electrons. The Balaban J connectivity index is 1.64. The summed E-state index contributed by atoms with van der Waals surface area (Å²) in [5, 5.41) is 8.07. The van der Waals surface area contributed by atoms with Gasteiger partial charge in [-0.1, -0.05) is 0 Å². The van der Waals surface area contributed by atoms with Gasteiger partial charge in [0.05, 0.1) is 18.6 Å². The molecule has 22 heavy (non-hydrogen) atoms. The van der Waals surface area contributed by atoms with Crippen molar-refractivity contribution in [2.45, 2.75) is 25.8 Å². The molecule has 3 heterocycles. The topological polar surface area (TPSA) is 63.5 Å². The maximum absolute atomic E-state index is 12.9. The smallest absolute Gasteiger partial charge is 0.230 e. The Morgan fingerprint density at radius 1 is 1.36 bits per heavy atom. The number of piperidine rings is 1. The minimum atomic E-state index is -0.190. The van der Waals surface area contributed by atoms with Crippen LogP contribution in [0.4, 0.5) is 0 Å². The highest BCUT2D eigenvalue weighted by atomic mass is 16.5. The van der Waals surface area contributed by atoms with Gasteiger partial charge in [0.2, 0.25) is 5.91 Å². The second kappa shape index (κ2) is 6.34. The lowest BCUT2D eigenvalue weighted by atomic mass is 9.78. The highest BCUT2D eigenvalue weighted by molar-refractivity contribution is 5.84. The van der Waals surface area contributed by atoms with Crippen LogP contribution in [-0.4, -0.2) is 70.4 Å². The van der Waals surface area contributed by atoms with E-state index < -0.39 is 0 Å². The first-order valence-corrected chi connectivity index (χ1v) is 7.98. The maximum atomic E-state index is 12.9. The molecular weight excluding hydrogens is 282 g/mol. The summed E-state index contributed by atoms with van der Waals surface area (Å²) in [6.45, 7) is 4.75. The van der Waals surface area contributed by atoms with Crippen molar-refractivity contribution in [1.82, 2.24) is 24.6 Å². The van der Waals surface area contributed by atoms with E-state index in [-0.39, 0.29) is 5.41 Å². The summed E-state index contributed by atoms with van der Waals surface area (Å²) < 4.78 is 7.07. The van der Waals surface area contributed by atoms with Gasteiger partial charge in [0.1, 0.15) is 12.2 Å². The third kappa shape index (κ3) is 2.87. The summed E-state index contributed by atoms with van der Waals surface area (Å²) in [4.78, 5) is 17.2. The number of ether oxygens (including phenoxy) is 1. The summed E-state index contributed by atoms with van der Waals surface area (Å²) in [7, 11) is 3.64. The Morgan fingerprint density at radius 3 is 2.95 bits per heavy atom. The summed E-state index contributed by atoms with van der Waals surface area (Å²) in [6, 6.07) is 0. The Hall–Kier alpha value is -1.47. The molecule has 7 heteroatoms. The van der Waals surface area contributed by atoms with Gasteiger partial charge < -0.3 is 14.2 Å². The molecule has 0 unspecified atom stereocenters. The normalized spacial score (nSPS) is 26.3. The van der Waals surface area contributed by atoms with Crippen LogP contribution in [0.3, 0.4) is 0 Å². The number of carbonyl (C=O) groups excluding carboxylic acids is 1. The van der Waals surface area contributed by atoms with Crippen LogP contribution in [0.2, 0.25) is 0 Å². The van der Waals surface area contributed by atoms with Crippen LogP contribution in [0, 0.1) is 5.41 Å². The largest absolute Gasteiger partial charge is 0.383 e. The SMILES string of the molecule is COCCN1CCC[C@]2(CCN(Cc3nncn3C)C2)C1=O. The lowest BCUT2D eigenvalue weighted by Crippen LogP contribution is -2.50. The second-order valence-corrected chi connectivity index (χ2v) is 6.49. The van der Waals surface area contributed by atoms with Crippen LogP contribution in [0.5, 0.6) is 0 Å². The fraction of sp³-hybridized carbons (Fsp3) is 0.800. The first kappa shape index (κ1) is 15.4. The molecule has 2 aliphatic rings. The highest BCUT2D eigenvalue weighted by Gasteiger charge is 2.48. The zero-order valence-corrected chi connectivity index (χ0v) is 13.5. The standard InChI is InChI=1S/C15H25N5O2/c1-18-12-16-17-13(18)10-19-7-5-15(11-19)4-3-6-20(14(15)21)8-9-22-2/h12H,3-11H2,1-2H3/t15-/m1/s1. The molecule has 3 rings (SSSR count). The van der Waals surface area contributed by atoms with E-state index in [1.54, 1.807) is 13.4 Å². The van der Waals surface area contributed by atoms with Gasteiger partial charge in [0, 0.05) is 33.8 Å². The van der Waals surface area contributed by atoms with Gasteiger partial charge >= 0.3 is 0 Å². The van der Waals surface area contributed by atoms with E-state index in [1.807, 2.05) is 16.5 Å². The van der Waals surface area contributed by atoms with E-state index in [0.717, 1.165) is 51.3 Å². The molecule has 0 bridgehead atoms. The van der Waals surface area contributed by atoms with Crippen LogP contribution in [0.25, 0.3) is 0 Å². The maximum Gasteiger partial charge on any atom is 0.230 e. The lowest BCUT2D eigenvalue weighted by Gasteiger charge is -2.39. The molecule has 0 aliphatic carbocycles. The highest BCUT2D eigenvalue weighted by Crippen LogP contribution is 2.40. The Bertz CT molecular complexity index is 532. The predicted molar refractivity (Wildman–Crippen MR) is 81.0 cm³/mol. The third-order valence-electron chi connectivity index (χ3n) is 4.99. The number of hydrogen-bond donors (Lipinski definition) is 0. The van der Waals surface area contributed by atoms with Gasteiger partial charge in [-0.15, -0.1) is 10.2 Å². The number of rotatable bonds is 5.